The van der Waals surface area contributed by atoms with Gasteiger partial charge in [0, 0.05) is 13.2 Å². The summed E-state index contributed by atoms with van der Waals surface area (Å²) in [5.41, 5.74) is 0.233. The first-order valence-corrected chi connectivity index (χ1v) is 7.19. The molecule has 114 valence electrons. The van der Waals surface area contributed by atoms with E-state index in [-0.39, 0.29) is 18.2 Å². The van der Waals surface area contributed by atoms with Crippen LogP contribution in [-0.2, 0) is 14.3 Å². The Hall–Kier alpha value is -1.88. The molecule has 5 nitrogen and oxygen atoms in total. The van der Waals surface area contributed by atoms with Gasteiger partial charge in [0.25, 0.3) is 0 Å². The van der Waals surface area contributed by atoms with Gasteiger partial charge in [0.2, 0.25) is 5.91 Å². The lowest BCUT2D eigenvalue weighted by Gasteiger charge is -2.37. The number of hydrogen-bond donors (Lipinski definition) is 2. The molecule has 1 saturated heterocycles. The second-order valence-corrected chi connectivity index (χ2v) is 5.58. The SMILES string of the molecule is CC(C(=O)NC1(CC(=O)O)CCOCC1)c1ccccc1. The van der Waals surface area contributed by atoms with Gasteiger partial charge in [-0.15, -0.1) is 0 Å². The van der Waals surface area contributed by atoms with Gasteiger partial charge in [-0.3, -0.25) is 9.59 Å². The van der Waals surface area contributed by atoms with Gasteiger partial charge in [0.1, 0.15) is 0 Å². The van der Waals surface area contributed by atoms with Crippen molar-refractivity contribution in [2.45, 2.75) is 37.6 Å². The number of carbonyl (C=O) groups is 2. The highest BCUT2D eigenvalue weighted by Gasteiger charge is 2.37. The van der Waals surface area contributed by atoms with Crippen LogP contribution in [0.2, 0.25) is 0 Å². The Morgan fingerprint density at radius 1 is 1.29 bits per heavy atom. The highest BCUT2D eigenvalue weighted by molar-refractivity contribution is 5.84. The van der Waals surface area contributed by atoms with Gasteiger partial charge in [0.05, 0.1) is 17.9 Å². The van der Waals surface area contributed by atoms with E-state index in [2.05, 4.69) is 5.32 Å². The highest BCUT2D eigenvalue weighted by Crippen LogP contribution is 2.26. The molecule has 21 heavy (non-hydrogen) atoms. The summed E-state index contributed by atoms with van der Waals surface area (Å²) >= 11 is 0. The summed E-state index contributed by atoms with van der Waals surface area (Å²) in [7, 11) is 0. The smallest absolute Gasteiger partial charge is 0.305 e. The van der Waals surface area contributed by atoms with Crippen LogP contribution in [0.3, 0.4) is 0 Å². The fourth-order valence-corrected chi connectivity index (χ4v) is 2.66. The molecular formula is C16H21NO4. The molecular weight excluding hydrogens is 270 g/mol. The summed E-state index contributed by atoms with van der Waals surface area (Å²) < 4.78 is 5.29. The molecule has 1 heterocycles. The molecule has 0 spiro atoms. The lowest BCUT2D eigenvalue weighted by Crippen LogP contribution is -2.54. The van der Waals surface area contributed by atoms with Gasteiger partial charge in [-0.25, -0.2) is 0 Å². The average molecular weight is 291 g/mol. The molecule has 1 fully saturated rings. The van der Waals surface area contributed by atoms with Crippen molar-refractivity contribution < 1.29 is 19.4 Å². The summed E-state index contributed by atoms with van der Waals surface area (Å²) in [5.74, 6) is -1.34. The molecule has 1 aliphatic heterocycles. The summed E-state index contributed by atoms with van der Waals surface area (Å²) in [5, 5.41) is 12.1. The number of nitrogens with one attached hydrogen (secondary N) is 1. The van der Waals surface area contributed by atoms with Gasteiger partial charge in [-0.1, -0.05) is 30.3 Å². The Labute approximate surface area is 124 Å². The molecule has 2 N–H and O–H groups in total. The van der Waals surface area contributed by atoms with E-state index in [9.17, 15) is 9.59 Å². The molecule has 1 aromatic rings. The Morgan fingerprint density at radius 3 is 2.48 bits per heavy atom. The zero-order valence-corrected chi connectivity index (χ0v) is 12.2. The number of benzene rings is 1. The normalized spacial score (nSPS) is 18.7. The summed E-state index contributed by atoms with van der Waals surface area (Å²) in [4.78, 5) is 23.6. The predicted molar refractivity (Wildman–Crippen MR) is 78.0 cm³/mol. The second kappa shape index (κ2) is 6.72. The van der Waals surface area contributed by atoms with E-state index in [0.717, 1.165) is 5.56 Å². The van der Waals surface area contributed by atoms with Crippen molar-refractivity contribution in [3.8, 4) is 0 Å². The van der Waals surface area contributed by atoms with Crippen molar-refractivity contribution in [3.05, 3.63) is 35.9 Å². The van der Waals surface area contributed by atoms with Crippen molar-refractivity contribution in [1.82, 2.24) is 5.32 Å². The minimum Gasteiger partial charge on any atom is -0.481 e. The summed E-state index contributed by atoms with van der Waals surface area (Å²) in [6.07, 6.45) is 1.00. The van der Waals surface area contributed by atoms with E-state index in [1.165, 1.54) is 0 Å². The van der Waals surface area contributed by atoms with Crippen LogP contribution in [0.4, 0.5) is 0 Å². The third-order valence-corrected chi connectivity index (χ3v) is 4.02. The first-order valence-electron chi connectivity index (χ1n) is 7.19. The lowest BCUT2D eigenvalue weighted by atomic mass is 9.85. The van der Waals surface area contributed by atoms with Crippen LogP contribution in [0.5, 0.6) is 0 Å². The van der Waals surface area contributed by atoms with Crippen LogP contribution in [0.15, 0.2) is 30.3 Å². The summed E-state index contributed by atoms with van der Waals surface area (Å²) in [6, 6.07) is 9.48. The largest absolute Gasteiger partial charge is 0.481 e. The molecule has 0 aliphatic carbocycles. The maximum atomic E-state index is 12.5. The van der Waals surface area contributed by atoms with E-state index in [1.807, 2.05) is 37.3 Å². The molecule has 0 saturated carbocycles. The van der Waals surface area contributed by atoms with Crippen molar-refractivity contribution >= 4 is 11.9 Å². The molecule has 0 radical (unpaired) electrons. The predicted octanol–water partition coefficient (Wildman–Crippen LogP) is 1.93. The lowest BCUT2D eigenvalue weighted by molar-refractivity contribution is -0.140. The second-order valence-electron chi connectivity index (χ2n) is 5.58. The van der Waals surface area contributed by atoms with Crippen molar-refractivity contribution in [2.75, 3.05) is 13.2 Å². The Bertz CT molecular complexity index is 494. The fourth-order valence-electron chi connectivity index (χ4n) is 2.66. The van der Waals surface area contributed by atoms with Crippen molar-refractivity contribution in [3.63, 3.8) is 0 Å². The van der Waals surface area contributed by atoms with Crippen LogP contribution in [0, 0.1) is 0 Å². The van der Waals surface area contributed by atoms with Crippen LogP contribution in [0.1, 0.15) is 37.7 Å². The Kier molecular flexibility index (Phi) is 4.96. The number of hydrogen-bond acceptors (Lipinski definition) is 3. The van der Waals surface area contributed by atoms with Crippen molar-refractivity contribution in [1.29, 1.82) is 0 Å². The number of amides is 1. The molecule has 0 bridgehead atoms. The van der Waals surface area contributed by atoms with E-state index >= 15 is 0 Å². The molecule has 1 unspecified atom stereocenters. The van der Waals surface area contributed by atoms with Gasteiger partial charge in [-0.05, 0) is 25.3 Å². The van der Waals surface area contributed by atoms with Crippen LogP contribution in [-0.4, -0.2) is 35.7 Å². The number of ether oxygens (including phenoxy) is 1. The molecule has 0 aromatic heterocycles. The number of carboxylic acid groups (broad SMARTS) is 1. The number of carbonyl (C=O) groups excluding carboxylic acids is 1. The summed E-state index contributed by atoms with van der Waals surface area (Å²) in [6.45, 7) is 2.79. The van der Waals surface area contributed by atoms with E-state index in [1.54, 1.807) is 0 Å². The first-order chi connectivity index (χ1) is 10.0. The van der Waals surface area contributed by atoms with Crippen LogP contribution >= 0.6 is 0 Å². The van der Waals surface area contributed by atoms with Gasteiger partial charge in [-0.2, -0.15) is 0 Å². The monoisotopic (exact) mass is 291 g/mol. The number of aliphatic carboxylic acids is 1. The van der Waals surface area contributed by atoms with Crippen LogP contribution < -0.4 is 5.32 Å². The fraction of sp³-hybridized carbons (Fsp3) is 0.500. The average Bonchev–Trinajstić information content (AvgIpc) is 2.47. The minimum atomic E-state index is -0.899. The third kappa shape index (κ3) is 4.04. The molecule has 1 aromatic carbocycles. The maximum absolute atomic E-state index is 12.5. The minimum absolute atomic E-state index is 0.0659. The van der Waals surface area contributed by atoms with Gasteiger partial charge < -0.3 is 15.2 Å². The highest BCUT2D eigenvalue weighted by atomic mass is 16.5. The number of carboxylic acids is 1. The van der Waals surface area contributed by atoms with Gasteiger partial charge in [0.15, 0.2) is 0 Å². The van der Waals surface area contributed by atoms with Crippen LogP contribution in [0.25, 0.3) is 0 Å². The zero-order chi connectivity index (χ0) is 15.3. The Balaban J connectivity index is 2.09. The quantitative estimate of drug-likeness (QED) is 0.869. The maximum Gasteiger partial charge on any atom is 0.305 e. The first kappa shape index (κ1) is 15.5. The zero-order valence-electron chi connectivity index (χ0n) is 12.2. The topological polar surface area (TPSA) is 75.6 Å². The van der Waals surface area contributed by atoms with E-state index < -0.39 is 11.5 Å². The molecule has 1 aliphatic rings. The van der Waals surface area contributed by atoms with E-state index in [0.29, 0.717) is 26.1 Å². The third-order valence-electron chi connectivity index (χ3n) is 4.02. The number of rotatable bonds is 5. The molecule has 5 heteroatoms. The van der Waals surface area contributed by atoms with E-state index in [4.69, 9.17) is 9.84 Å². The standard InChI is InChI=1S/C16H21NO4/c1-12(13-5-3-2-4-6-13)15(20)17-16(11-14(18)19)7-9-21-10-8-16/h2-6,12H,7-11H2,1H3,(H,17,20)(H,18,19). The molecule has 1 atom stereocenters. The molecule has 1 amide bonds. The molecule has 2 rings (SSSR count). The van der Waals surface area contributed by atoms with Gasteiger partial charge >= 0.3 is 5.97 Å². The Morgan fingerprint density at radius 2 is 1.90 bits per heavy atom. The van der Waals surface area contributed by atoms with Crippen molar-refractivity contribution in [2.24, 2.45) is 0 Å².